The number of benzene rings is 1. The summed E-state index contributed by atoms with van der Waals surface area (Å²) in [5, 5.41) is 11.8. The third-order valence-corrected chi connectivity index (χ3v) is 4.40. The predicted octanol–water partition coefficient (Wildman–Crippen LogP) is 3.00. The molecular formula is C17H21F2NO3. The molecule has 23 heavy (non-hydrogen) atoms. The van der Waals surface area contributed by atoms with Crippen molar-refractivity contribution < 1.29 is 23.5 Å². The molecule has 0 unspecified atom stereocenters. The van der Waals surface area contributed by atoms with Crippen LogP contribution in [0.15, 0.2) is 18.2 Å². The maximum Gasteiger partial charge on any atom is 0.326 e. The fraction of sp³-hybridized carbons (Fsp3) is 0.529. The number of carbonyl (C=O) groups excluding carboxylic acids is 1. The first kappa shape index (κ1) is 17.4. The summed E-state index contributed by atoms with van der Waals surface area (Å²) in [6, 6.07) is 2.14. The van der Waals surface area contributed by atoms with Crippen molar-refractivity contribution >= 4 is 11.9 Å². The van der Waals surface area contributed by atoms with Crippen molar-refractivity contribution in [2.45, 2.75) is 51.0 Å². The van der Waals surface area contributed by atoms with E-state index in [2.05, 4.69) is 5.32 Å². The van der Waals surface area contributed by atoms with Crippen molar-refractivity contribution in [1.29, 1.82) is 0 Å². The highest BCUT2D eigenvalue weighted by Gasteiger charge is 2.48. The van der Waals surface area contributed by atoms with Crippen molar-refractivity contribution in [1.82, 2.24) is 5.32 Å². The topological polar surface area (TPSA) is 66.4 Å². The number of carbonyl (C=O) groups is 2. The largest absolute Gasteiger partial charge is 0.480 e. The van der Waals surface area contributed by atoms with Gasteiger partial charge in [-0.3, -0.25) is 4.79 Å². The van der Waals surface area contributed by atoms with E-state index in [0.717, 1.165) is 18.6 Å². The third-order valence-electron chi connectivity index (χ3n) is 4.40. The molecule has 2 N–H and O–H groups in total. The number of hydrogen-bond acceptors (Lipinski definition) is 2. The van der Waals surface area contributed by atoms with Gasteiger partial charge >= 0.3 is 5.97 Å². The van der Waals surface area contributed by atoms with Crippen LogP contribution >= 0.6 is 0 Å². The zero-order valence-electron chi connectivity index (χ0n) is 13.2. The van der Waals surface area contributed by atoms with E-state index in [4.69, 9.17) is 0 Å². The molecule has 126 valence electrons. The normalized spacial score (nSPS) is 17.4. The molecule has 1 aromatic carbocycles. The first-order chi connectivity index (χ1) is 10.8. The number of rotatable bonds is 6. The van der Waals surface area contributed by atoms with Gasteiger partial charge in [-0.1, -0.05) is 26.3 Å². The number of halogens is 2. The second-order valence-electron chi connectivity index (χ2n) is 6.55. The summed E-state index contributed by atoms with van der Waals surface area (Å²) in [7, 11) is 0. The molecular weight excluding hydrogens is 304 g/mol. The molecule has 1 amide bonds. The molecule has 2 rings (SSSR count). The van der Waals surface area contributed by atoms with Crippen LogP contribution in [-0.2, 0) is 15.0 Å². The number of hydrogen-bond donors (Lipinski definition) is 2. The highest BCUT2D eigenvalue weighted by Crippen LogP contribution is 2.45. The lowest BCUT2D eigenvalue weighted by molar-refractivity contribution is -0.144. The van der Waals surface area contributed by atoms with Gasteiger partial charge in [-0.2, -0.15) is 0 Å². The Morgan fingerprint density at radius 3 is 2.39 bits per heavy atom. The fourth-order valence-corrected chi connectivity index (χ4v) is 3.02. The van der Waals surface area contributed by atoms with Crippen molar-refractivity contribution in [3.05, 3.63) is 35.4 Å². The van der Waals surface area contributed by atoms with Gasteiger partial charge < -0.3 is 10.4 Å². The summed E-state index contributed by atoms with van der Waals surface area (Å²) in [6.45, 7) is 3.72. The molecule has 0 bridgehead atoms. The van der Waals surface area contributed by atoms with E-state index in [1.807, 2.05) is 13.8 Å². The minimum atomic E-state index is -1.11. The number of carboxylic acids is 1. The molecule has 1 fully saturated rings. The average molecular weight is 325 g/mol. The van der Waals surface area contributed by atoms with Crippen molar-refractivity contribution in [3.8, 4) is 0 Å². The Hall–Kier alpha value is -1.98. The van der Waals surface area contributed by atoms with Gasteiger partial charge in [-0.15, -0.1) is 0 Å². The zero-order chi connectivity index (χ0) is 17.2. The van der Waals surface area contributed by atoms with E-state index >= 15 is 0 Å². The zero-order valence-corrected chi connectivity index (χ0v) is 13.2. The Kier molecular flexibility index (Phi) is 5.02. The Labute approximate surface area is 133 Å². The number of aliphatic carboxylic acids is 1. The molecule has 6 heteroatoms. The summed E-state index contributed by atoms with van der Waals surface area (Å²) >= 11 is 0. The fourth-order valence-electron chi connectivity index (χ4n) is 3.02. The summed E-state index contributed by atoms with van der Waals surface area (Å²) < 4.78 is 27.2. The highest BCUT2D eigenvalue weighted by atomic mass is 19.1. The van der Waals surface area contributed by atoms with Crippen LogP contribution in [0.3, 0.4) is 0 Å². The summed E-state index contributed by atoms with van der Waals surface area (Å²) in [6.07, 6.45) is 1.89. The van der Waals surface area contributed by atoms with E-state index < -0.39 is 35.0 Å². The molecule has 0 spiro atoms. The molecule has 0 aromatic heterocycles. The molecule has 4 nitrogen and oxygen atoms in total. The van der Waals surface area contributed by atoms with E-state index in [-0.39, 0.29) is 11.5 Å². The number of carboxylic acid groups (broad SMARTS) is 1. The van der Waals surface area contributed by atoms with Gasteiger partial charge in [0.1, 0.15) is 17.7 Å². The van der Waals surface area contributed by atoms with Gasteiger partial charge in [0, 0.05) is 11.6 Å². The van der Waals surface area contributed by atoms with Gasteiger partial charge in [0.05, 0.1) is 5.41 Å². The standard InChI is InChI=1S/C17H21F2NO3/c1-10(2)8-14(15(21)22)20-16(23)17(6-3-7-17)12-5-4-11(18)9-13(12)19/h4-5,9-10,14H,3,6-8H2,1-2H3,(H,20,23)(H,21,22)/t14-/m1/s1. The van der Waals surface area contributed by atoms with Crippen LogP contribution < -0.4 is 5.32 Å². The minimum absolute atomic E-state index is 0.0938. The lowest BCUT2D eigenvalue weighted by Crippen LogP contribution is -2.54. The van der Waals surface area contributed by atoms with Crippen molar-refractivity contribution in [2.75, 3.05) is 0 Å². The monoisotopic (exact) mass is 325 g/mol. The number of nitrogens with one attached hydrogen (secondary N) is 1. The van der Waals surface area contributed by atoms with E-state index in [1.54, 1.807) is 0 Å². The van der Waals surface area contributed by atoms with Gasteiger partial charge in [0.15, 0.2) is 0 Å². The first-order valence-electron chi connectivity index (χ1n) is 7.75. The molecule has 1 saturated carbocycles. The van der Waals surface area contributed by atoms with Gasteiger partial charge in [-0.05, 0) is 31.2 Å². The van der Waals surface area contributed by atoms with Crippen LogP contribution in [0, 0.1) is 17.6 Å². The third kappa shape index (κ3) is 3.51. The molecule has 1 aromatic rings. The Morgan fingerprint density at radius 1 is 1.30 bits per heavy atom. The van der Waals surface area contributed by atoms with Crippen LogP contribution in [-0.4, -0.2) is 23.0 Å². The SMILES string of the molecule is CC(C)C[C@@H](NC(=O)C1(c2ccc(F)cc2F)CCC1)C(=O)O. The van der Waals surface area contributed by atoms with Crippen molar-refractivity contribution in [2.24, 2.45) is 5.92 Å². The summed E-state index contributed by atoms with van der Waals surface area (Å²) in [5.74, 6) is -2.99. The maximum atomic E-state index is 14.1. The van der Waals surface area contributed by atoms with Crippen molar-refractivity contribution in [3.63, 3.8) is 0 Å². The van der Waals surface area contributed by atoms with Crippen LogP contribution in [0.1, 0.15) is 45.1 Å². The molecule has 0 saturated heterocycles. The first-order valence-corrected chi connectivity index (χ1v) is 7.75. The van der Waals surface area contributed by atoms with Crippen LogP contribution in [0.5, 0.6) is 0 Å². The smallest absolute Gasteiger partial charge is 0.326 e. The van der Waals surface area contributed by atoms with Gasteiger partial charge in [-0.25, -0.2) is 13.6 Å². The molecule has 1 atom stereocenters. The molecule has 0 heterocycles. The van der Waals surface area contributed by atoms with Crippen LogP contribution in [0.4, 0.5) is 8.78 Å². The average Bonchev–Trinajstić information content (AvgIpc) is 2.38. The second kappa shape index (κ2) is 6.64. The van der Waals surface area contributed by atoms with Gasteiger partial charge in [0.25, 0.3) is 0 Å². The number of amides is 1. The minimum Gasteiger partial charge on any atom is -0.480 e. The summed E-state index contributed by atoms with van der Waals surface area (Å²) in [4.78, 5) is 24.0. The Morgan fingerprint density at radius 2 is 1.96 bits per heavy atom. The lowest BCUT2D eigenvalue weighted by atomic mass is 9.63. The Balaban J connectivity index is 2.25. The highest BCUT2D eigenvalue weighted by molar-refractivity contribution is 5.92. The quantitative estimate of drug-likeness (QED) is 0.845. The second-order valence-corrected chi connectivity index (χ2v) is 6.55. The van der Waals surface area contributed by atoms with Crippen LogP contribution in [0.2, 0.25) is 0 Å². The van der Waals surface area contributed by atoms with E-state index in [9.17, 15) is 23.5 Å². The molecule has 1 aliphatic rings. The maximum absolute atomic E-state index is 14.1. The molecule has 1 aliphatic carbocycles. The molecule has 0 aliphatic heterocycles. The predicted molar refractivity (Wildman–Crippen MR) is 80.9 cm³/mol. The van der Waals surface area contributed by atoms with E-state index in [0.29, 0.717) is 19.3 Å². The summed E-state index contributed by atoms with van der Waals surface area (Å²) in [5.41, 5.74) is -0.959. The molecule has 0 radical (unpaired) electrons. The lowest BCUT2D eigenvalue weighted by Gasteiger charge is -2.41. The Bertz CT molecular complexity index is 612. The van der Waals surface area contributed by atoms with Gasteiger partial charge in [0.2, 0.25) is 5.91 Å². The van der Waals surface area contributed by atoms with E-state index in [1.165, 1.54) is 6.07 Å². The van der Waals surface area contributed by atoms with Crippen LogP contribution in [0.25, 0.3) is 0 Å².